The summed E-state index contributed by atoms with van der Waals surface area (Å²) in [6.07, 6.45) is 3.84. The molecule has 1 aromatic carbocycles. The molecule has 0 amide bonds. The first kappa shape index (κ1) is 18.8. The summed E-state index contributed by atoms with van der Waals surface area (Å²) >= 11 is 6.01. The van der Waals surface area contributed by atoms with Gasteiger partial charge in [-0.15, -0.1) is 0 Å². The van der Waals surface area contributed by atoms with Crippen molar-refractivity contribution in [3.8, 4) is 0 Å². The summed E-state index contributed by atoms with van der Waals surface area (Å²) < 4.78 is 22.3. The lowest BCUT2D eigenvalue weighted by atomic mass is 10.1. The quantitative estimate of drug-likeness (QED) is 0.669. The molecule has 1 N–H and O–H groups in total. The second kappa shape index (κ2) is 9.00. The maximum atomic E-state index is 11.5. The van der Waals surface area contributed by atoms with Crippen molar-refractivity contribution in [3.63, 3.8) is 0 Å². The van der Waals surface area contributed by atoms with E-state index in [1.807, 2.05) is 4.90 Å². The number of halogens is 1. The van der Waals surface area contributed by atoms with Crippen LogP contribution in [-0.2, 0) is 10.7 Å². The van der Waals surface area contributed by atoms with Crippen molar-refractivity contribution in [2.45, 2.75) is 44.4 Å². The molecule has 0 aliphatic heterocycles. The van der Waals surface area contributed by atoms with Crippen LogP contribution in [0.5, 0.6) is 0 Å². The van der Waals surface area contributed by atoms with E-state index < -0.39 is 16.7 Å². The van der Waals surface area contributed by atoms with Crippen molar-refractivity contribution >= 4 is 34.0 Å². The highest BCUT2D eigenvalue weighted by Crippen LogP contribution is 2.30. The standard InChI is InChI=1S/C15H22ClNO4S/c1-3-5-7-17(8-6-4-2)13-10-12(16)14(22(20)21)9-11(13)15(18)19/h9-10,22H,3-8H2,1-2H3,(H,18,19). The van der Waals surface area contributed by atoms with E-state index >= 15 is 0 Å². The smallest absolute Gasteiger partial charge is 0.337 e. The van der Waals surface area contributed by atoms with E-state index in [0.717, 1.165) is 44.8 Å². The highest BCUT2D eigenvalue weighted by molar-refractivity contribution is 7.72. The maximum absolute atomic E-state index is 11.5. The Labute approximate surface area is 137 Å². The van der Waals surface area contributed by atoms with Gasteiger partial charge in [0.2, 0.25) is 0 Å². The largest absolute Gasteiger partial charge is 0.478 e. The predicted octanol–water partition coefficient (Wildman–Crippen LogP) is 3.42. The third-order valence-corrected chi connectivity index (χ3v) is 4.60. The van der Waals surface area contributed by atoms with Crippen LogP contribution in [0.2, 0.25) is 5.02 Å². The first-order valence-electron chi connectivity index (χ1n) is 7.38. The van der Waals surface area contributed by atoms with E-state index in [0.29, 0.717) is 5.69 Å². The normalized spacial score (nSPS) is 10.9. The molecule has 0 fully saturated rings. The fraction of sp³-hybridized carbons (Fsp3) is 0.533. The zero-order valence-corrected chi connectivity index (χ0v) is 14.5. The molecule has 22 heavy (non-hydrogen) atoms. The summed E-state index contributed by atoms with van der Waals surface area (Å²) in [6.45, 7) is 5.56. The van der Waals surface area contributed by atoms with Crippen molar-refractivity contribution in [2.75, 3.05) is 18.0 Å². The van der Waals surface area contributed by atoms with Crippen LogP contribution in [0.1, 0.15) is 49.9 Å². The molecular weight excluding hydrogens is 326 g/mol. The van der Waals surface area contributed by atoms with Gasteiger partial charge in [0, 0.05) is 13.1 Å². The van der Waals surface area contributed by atoms with Crippen LogP contribution in [0, 0.1) is 0 Å². The molecule has 0 bridgehead atoms. The van der Waals surface area contributed by atoms with Gasteiger partial charge < -0.3 is 10.0 Å². The van der Waals surface area contributed by atoms with Gasteiger partial charge in [0.1, 0.15) is 0 Å². The molecule has 0 atom stereocenters. The SMILES string of the molecule is CCCCN(CCCC)c1cc(Cl)c([SH](=O)=O)cc1C(=O)O. The Hall–Kier alpha value is -1.27. The van der Waals surface area contributed by atoms with Crippen molar-refractivity contribution in [1.29, 1.82) is 0 Å². The van der Waals surface area contributed by atoms with E-state index in [-0.39, 0.29) is 15.5 Å². The third-order valence-electron chi connectivity index (χ3n) is 3.40. The lowest BCUT2D eigenvalue weighted by Gasteiger charge is -2.26. The highest BCUT2D eigenvalue weighted by Gasteiger charge is 2.19. The minimum Gasteiger partial charge on any atom is -0.478 e. The number of aromatic carboxylic acids is 1. The molecule has 1 aromatic rings. The van der Waals surface area contributed by atoms with Crippen LogP contribution >= 0.6 is 11.6 Å². The number of benzene rings is 1. The van der Waals surface area contributed by atoms with Crippen LogP contribution in [0.4, 0.5) is 5.69 Å². The van der Waals surface area contributed by atoms with Gasteiger partial charge in [-0.2, -0.15) is 0 Å². The van der Waals surface area contributed by atoms with Crippen molar-refractivity contribution in [3.05, 3.63) is 22.7 Å². The van der Waals surface area contributed by atoms with Gasteiger partial charge in [0.15, 0.2) is 10.7 Å². The molecule has 0 unspecified atom stereocenters. The average Bonchev–Trinajstić information content (AvgIpc) is 2.46. The van der Waals surface area contributed by atoms with E-state index in [1.165, 1.54) is 6.07 Å². The van der Waals surface area contributed by atoms with Crippen LogP contribution in [0.15, 0.2) is 17.0 Å². The third kappa shape index (κ3) is 4.88. The molecule has 0 aliphatic rings. The van der Waals surface area contributed by atoms with Crippen molar-refractivity contribution in [1.82, 2.24) is 0 Å². The molecule has 124 valence electrons. The number of anilines is 1. The van der Waals surface area contributed by atoms with Gasteiger partial charge in [-0.3, -0.25) is 0 Å². The molecule has 0 saturated heterocycles. The Morgan fingerprint density at radius 2 is 1.73 bits per heavy atom. The zero-order chi connectivity index (χ0) is 16.7. The number of thiol groups is 1. The molecule has 5 nitrogen and oxygen atoms in total. The van der Waals surface area contributed by atoms with Gasteiger partial charge in [-0.05, 0) is 25.0 Å². The molecule has 0 radical (unpaired) electrons. The van der Waals surface area contributed by atoms with Gasteiger partial charge in [-0.25, -0.2) is 13.2 Å². The Morgan fingerprint density at radius 1 is 1.18 bits per heavy atom. The van der Waals surface area contributed by atoms with Gasteiger partial charge in [-0.1, -0.05) is 38.3 Å². The van der Waals surface area contributed by atoms with E-state index in [4.69, 9.17) is 11.6 Å². The molecule has 0 aliphatic carbocycles. The number of hydrogen-bond acceptors (Lipinski definition) is 4. The number of hydrogen-bond donors (Lipinski definition) is 2. The predicted molar refractivity (Wildman–Crippen MR) is 89.0 cm³/mol. The lowest BCUT2D eigenvalue weighted by molar-refractivity contribution is 0.0697. The molecule has 1 rings (SSSR count). The van der Waals surface area contributed by atoms with Gasteiger partial charge in [0.25, 0.3) is 0 Å². The second-order valence-electron chi connectivity index (χ2n) is 5.08. The number of carbonyl (C=O) groups is 1. The molecule has 0 aromatic heterocycles. The maximum Gasteiger partial charge on any atom is 0.337 e. The van der Waals surface area contributed by atoms with Crippen LogP contribution < -0.4 is 4.90 Å². The fourth-order valence-electron chi connectivity index (χ4n) is 2.17. The topological polar surface area (TPSA) is 74.7 Å². The summed E-state index contributed by atoms with van der Waals surface area (Å²) in [5, 5.41) is 9.46. The summed E-state index contributed by atoms with van der Waals surface area (Å²) in [7, 11) is -2.92. The van der Waals surface area contributed by atoms with E-state index in [2.05, 4.69) is 13.8 Å². The minimum absolute atomic E-state index is 0.0224. The molecule has 0 heterocycles. The number of carboxylic acid groups (broad SMARTS) is 1. The number of unbranched alkanes of at least 4 members (excludes halogenated alkanes) is 2. The van der Waals surface area contributed by atoms with Crippen LogP contribution in [0.25, 0.3) is 0 Å². The minimum atomic E-state index is -2.92. The van der Waals surface area contributed by atoms with Crippen molar-refractivity contribution in [2.24, 2.45) is 0 Å². The molecule has 0 spiro atoms. The molecule has 7 heteroatoms. The van der Waals surface area contributed by atoms with E-state index in [1.54, 1.807) is 0 Å². The highest BCUT2D eigenvalue weighted by atomic mass is 35.5. The summed E-state index contributed by atoms with van der Waals surface area (Å²) in [6, 6.07) is 2.60. The molecule has 0 saturated carbocycles. The van der Waals surface area contributed by atoms with Gasteiger partial charge in [0.05, 0.1) is 21.2 Å². The number of carboxylic acids is 1. The second-order valence-corrected chi connectivity index (χ2v) is 6.48. The number of nitrogens with zero attached hydrogens (tertiary/aromatic N) is 1. The fourth-order valence-corrected chi connectivity index (χ4v) is 3.01. The summed E-state index contributed by atoms with van der Waals surface area (Å²) in [5.74, 6) is -1.15. The van der Waals surface area contributed by atoms with Crippen molar-refractivity contribution < 1.29 is 18.3 Å². The van der Waals surface area contributed by atoms with E-state index in [9.17, 15) is 18.3 Å². The zero-order valence-electron chi connectivity index (χ0n) is 12.8. The Bertz CT molecular complexity index is 585. The lowest BCUT2D eigenvalue weighted by Crippen LogP contribution is -2.27. The number of rotatable bonds is 9. The van der Waals surface area contributed by atoms with Crippen LogP contribution in [0.3, 0.4) is 0 Å². The summed E-state index contributed by atoms with van der Waals surface area (Å²) in [5.41, 5.74) is 0.464. The first-order valence-corrected chi connectivity index (χ1v) is 8.94. The van der Waals surface area contributed by atoms with Crippen LogP contribution in [-0.4, -0.2) is 32.6 Å². The Morgan fingerprint density at radius 3 is 2.14 bits per heavy atom. The summed E-state index contributed by atoms with van der Waals surface area (Å²) in [4.78, 5) is 13.3. The van der Waals surface area contributed by atoms with Gasteiger partial charge >= 0.3 is 5.97 Å². The first-order chi connectivity index (χ1) is 10.4. The molecular formula is C15H22ClNO4S. The Balaban J connectivity index is 3.33. The monoisotopic (exact) mass is 347 g/mol. The average molecular weight is 348 g/mol. The Kier molecular flexibility index (Phi) is 7.68.